The van der Waals surface area contributed by atoms with E-state index in [1.807, 2.05) is 12.1 Å². The summed E-state index contributed by atoms with van der Waals surface area (Å²) in [7, 11) is 3.12. The molecule has 4 amide bonds. The molecule has 0 saturated carbocycles. The Morgan fingerprint density at radius 2 is 1.82 bits per heavy atom. The number of benzene rings is 2. The monoisotopic (exact) mass is 468 g/mol. The average Bonchev–Trinajstić information content (AvgIpc) is 3.13. The number of carbonyl (C=O) groups excluding carboxylic acids is 3. The number of amidine groups is 1. The molecule has 172 valence electrons. The number of hydrogen-bond acceptors (Lipinski definition) is 7. The standard InChI is InChI=1S/C23H24N4O5S/c1-4-24-22(30)26-20(28)14-33-23-25-19(12-15-8-10-17(31-2)11-9-15)21(29)27(23)16-6-5-7-18(13-16)32-3/h5-13H,4,14H2,1-3H3,(H2,24,26,28,30). The van der Waals surface area contributed by atoms with E-state index in [0.29, 0.717) is 28.9 Å². The summed E-state index contributed by atoms with van der Waals surface area (Å²) in [4.78, 5) is 42.9. The summed E-state index contributed by atoms with van der Waals surface area (Å²) >= 11 is 1.05. The second-order valence-corrected chi connectivity index (χ2v) is 7.68. The van der Waals surface area contributed by atoms with Crippen molar-refractivity contribution in [3.05, 3.63) is 59.8 Å². The molecule has 2 aromatic rings. The van der Waals surface area contributed by atoms with Gasteiger partial charge in [0.2, 0.25) is 5.91 Å². The fourth-order valence-electron chi connectivity index (χ4n) is 2.93. The van der Waals surface area contributed by atoms with E-state index in [-0.39, 0.29) is 17.4 Å². The first-order chi connectivity index (χ1) is 15.9. The molecular formula is C23H24N4O5S. The van der Waals surface area contributed by atoms with Crippen LogP contribution in [0, 0.1) is 0 Å². The van der Waals surface area contributed by atoms with Crippen LogP contribution in [-0.4, -0.2) is 49.5 Å². The van der Waals surface area contributed by atoms with Gasteiger partial charge in [-0.25, -0.2) is 9.79 Å². The van der Waals surface area contributed by atoms with Crippen LogP contribution in [0.25, 0.3) is 6.08 Å². The summed E-state index contributed by atoms with van der Waals surface area (Å²) in [5, 5.41) is 5.05. The molecule has 0 radical (unpaired) electrons. The van der Waals surface area contributed by atoms with Gasteiger partial charge in [0.1, 0.15) is 17.2 Å². The van der Waals surface area contributed by atoms with Gasteiger partial charge in [-0.2, -0.15) is 0 Å². The summed E-state index contributed by atoms with van der Waals surface area (Å²) in [6, 6.07) is 13.6. The molecule has 0 aromatic heterocycles. The summed E-state index contributed by atoms with van der Waals surface area (Å²) in [5.74, 6) is 0.335. The van der Waals surface area contributed by atoms with Gasteiger partial charge in [0.15, 0.2) is 5.17 Å². The van der Waals surface area contributed by atoms with Crippen LogP contribution in [0.4, 0.5) is 10.5 Å². The number of aliphatic imine (C=N–C) groups is 1. The number of methoxy groups -OCH3 is 2. The molecule has 1 aliphatic rings. The largest absolute Gasteiger partial charge is 0.497 e. The molecule has 9 nitrogen and oxygen atoms in total. The minimum atomic E-state index is -0.572. The van der Waals surface area contributed by atoms with Crippen molar-refractivity contribution in [2.75, 3.05) is 31.4 Å². The Morgan fingerprint density at radius 1 is 1.09 bits per heavy atom. The zero-order valence-electron chi connectivity index (χ0n) is 18.5. The third-order valence-electron chi connectivity index (χ3n) is 4.48. The second kappa shape index (κ2) is 11.2. The maximum Gasteiger partial charge on any atom is 0.321 e. The van der Waals surface area contributed by atoms with Gasteiger partial charge in [-0.3, -0.25) is 19.8 Å². The van der Waals surface area contributed by atoms with E-state index in [4.69, 9.17) is 9.47 Å². The van der Waals surface area contributed by atoms with Crippen molar-refractivity contribution < 1.29 is 23.9 Å². The molecule has 3 rings (SSSR count). The van der Waals surface area contributed by atoms with Crippen molar-refractivity contribution in [3.63, 3.8) is 0 Å². The lowest BCUT2D eigenvalue weighted by Crippen LogP contribution is -2.40. The molecule has 0 bridgehead atoms. The molecular weight excluding hydrogens is 444 g/mol. The highest BCUT2D eigenvalue weighted by Crippen LogP contribution is 2.31. The smallest absolute Gasteiger partial charge is 0.321 e. The number of ether oxygens (including phenoxy) is 2. The Bertz CT molecular complexity index is 1100. The Morgan fingerprint density at radius 3 is 2.48 bits per heavy atom. The zero-order chi connectivity index (χ0) is 23.8. The van der Waals surface area contributed by atoms with E-state index in [1.54, 1.807) is 56.5 Å². The maximum atomic E-state index is 13.3. The number of anilines is 1. The summed E-state index contributed by atoms with van der Waals surface area (Å²) in [5.41, 5.74) is 1.54. The van der Waals surface area contributed by atoms with Gasteiger partial charge in [0.05, 0.1) is 25.7 Å². The third-order valence-corrected chi connectivity index (χ3v) is 5.42. The summed E-state index contributed by atoms with van der Waals surface area (Å²) in [6.45, 7) is 2.15. The quantitative estimate of drug-likeness (QED) is 0.605. The van der Waals surface area contributed by atoms with E-state index in [9.17, 15) is 14.4 Å². The normalized spacial score (nSPS) is 14.2. The van der Waals surface area contributed by atoms with Crippen LogP contribution in [0.5, 0.6) is 11.5 Å². The number of urea groups is 1. The SMILES string of the molecule is CCNC(=O)NC(=O)CSC1=NC(=Cc2ccc(OC)cc2)C(=O)N1c1cccc(OC)c1. The topological polar surface area (TPSA) is 109 Å². The second-order valence-electron chi connectivity index (χ2n) is 6.74. The fourth-order valence-corrected chi connectivity index (χ4v) is 3.74. The maximum absolute atomic E-state index is 13.3. The lowest BCUT2D eigenvalue weighted by atomic mass is 10.2. The van der Waals surface area contributed by atoms with Crippen LogP contribution < -0.4 is 25.0 Å². The van der Waals surface area contributed by atoms with Gasteiger partial charge < -0.3 is 14.8 Å². The van der Waals surface area contributed by atoms with E-state index in [1.165, 1.54) is 12.0 Å². The number of imide groups is 1. The zero-order valence-corrected chi connectivity index (χ0v) is 19.3. The van der Waals surface area contributed by atoms with Crippen molar-refractivity contribution in [2.24, 2.45) is 4.99 Å². The predicted molar refractivity (Wildman–Crippen MR) is 129 cm³/mol. The number of rotatable bonds is 7. The molecule has 0 aliphatic carbocycles. The molecule has 0 spiro atoms. The first kappa shape index (κ1) is 23.9. The minimum absolute atomic E-state index is 0.0977. The number of amides is 4. The molecule has 0 fully saturated rings. The molecule has 33 heavy (non-hydrogen) atoms. The van der Waals surface area contributed by atoms with E-state index < -0.39 is 11.9 Å². The molecule has 10 heteroatoms. The highest BCUT2D eigenvalue weighted by atomic mass is 32.2. The van der Waals surface area contributed by atoms with Crippen molar-refractivity contribution in [1.82, 2.24) is 10.6 Å². The van der Waals surface area contributed by atoms with Gasteiger partial charge in [-0.15, -0.1) is 0 Å². The fraction of sp³-hybridized carbons (Fsp3) is 0.217. The number of hydrogen-bond donors (Lipinski definition) is 2. The molecule has 0 unspecified atom stereocenters. The third kappa shape index (κ3) is 6.13. The van der Waals surface area contributed by atoms with Crippen LogP contribution in [-0.2, 0) is 9.59 Å². The number of carbonyl (C=O) groups is 3. The first-order valence-corrected chi connectivity index (χ1v) is 11.1. The Balaban J connectivity index is 1.87. The summed E-state index contributed by atoms with van der Waals surface area (Å²) < 4.78 is 10.4. The first-order valence-electron chi connectivity index (χ1n) is 10.1. The number of nitrogens with zero attached hydrogens (tertiary/aromatic N) is 2. The predicted octanol–water partition coefficient (Wildman–Crippen LogP) is 3.03. The summed E-state index contributed by atoms with van der Waals surface area (Å²) in [6.07, 6.45) is 1.66. The van der Waals surface area contributed by atoms with Crippen LogP contribution in [0.1, 0.15) is 12.5 Å². The number of nitrogens with one attached hydrogen (secondary N) is 2. The van der Waals surface area contributed by atoms with Crippen molar-refractivity contribution in [1.29, 1.82) is 0 Å². The number of thioether (sulfide) groups is 1. The van der Waals surface area contributed by atoms with Crippen LogP contribution in [0.2, 0.25) is 0 Å². The van der Waals surface area contributed by atoms with Crippen molar-refractivity contribution >= 4 is 46.5 Å². The average molecular weight is 469 g/mol. The molecule has 0 saturated heterocycles. The van der Waals surface area contributed by atoms with Crippen molar-refractivity contribution in [2.45, 2.75) is 6.92 Å². The molecule has 1 aliphatic heterocycles. The van der Waals surface area contributed by atoms with Gasteiger partial charge in [-0.05, 0) is 42.8 Å². The Hall–Kier alpha value is -3.79. The van der Waals surface area contributed by atoms with Gasteiger partial charge in [0, 0.05) is 12.6 Å². The molecule has 1 heterocycles. The molecule has 0 atom stereocenters. The van der Waals surface area contributed by atoms with Gasteiger partial charge in [0.25, 0.3) is 5.91 Å². The van der Waals surface area contributed by atoms with E-state index >= 15 is 0 Å². The molecule has 2 aromatic carbocycles. The highest BCUT2D eigenvalue weighted by molar-refractivity contribution is 8.14. The van der Waals surface area contributed by atoms with E-state index in [0.717, 1.165) is 17.3 Å². The van der Waals surface area contributed by atoms with Crippen LogP contribution in [0.15, 0.2) is 59.2 Å². The molecule has 2 N–H and O–H groups in total. The Labute approximate surface area is 195 Å². The lowest BCUT2D eigenvalue weighted by molar-refractivity contribution is -0.117. The van der Waals surface area contributed by atoms with E-state index in [2.05, 4.69) is 15.6 Å². The van der Waals surface area contributed by atoms with Crippen LogP contribution in [0.3, 0.4) is 0 Å². The van der Waals surface area contributed by atoms with Gasteiger partial charge in [-0.1, -0.05) is 30.0 Å². The Kier molecular flexibility index (Phi) is 8.09. The van der Waals surface area contributed by atoms with Crippen molar-refractivity contribution in [3.8, 4) is 11.5 Å². The highest BCUT2D eigenvalue weighted by Gasteiger charge is 2.32. The van der Waals surface area contributed by atoms with Gasteiger partial charge >= 0.3 is 6.03 Å². The lowest BCUT2D eigenvalue weighted by Gasteiger charge is -2.18. The van der Waals surface area contributed by atoms with Crippen LogP contribution >= 0.6 is 11.8 Å². The minimum Gasteiger partial charge on any atom is -0.497 e.